The summed E-state index contributed by atoms with van der Waals surface area (Å²) in [6.45, 7) is 0.188. The second-order valence-electron chi connectivity index (χ2n) is 3.47. The first-order valence-corrected chi connectivity index (χ1v) is 4.77. The molecule has 0 atom stereocenters. The van der Waals surface area contributed by atoms with Crippen molar-refractivity contribution in [3.05, 3.63) is 23.9 Å². The van der Waals surface area contributed by atoms with Crippen molar-refractivity contribution < 1.29 is 23.1 Å². The Morgan fingerprint density at radius 1 is 1.47 bits per heavy atom. The standard InChI is InChI=1S/C10H11F3N2O2/c1-15(5-4-9(16)17)8-3-2-7(6-14-8)10(11,12)13/h2-3,6H,4-5H2,1H3,(H,16,17). The maximum absolute atomic E-state index is 12.2. The number of hydrogen-bond donors (Lipinski definition) is 1. The van der Waals surface area contributed by atoms with Gasteiger partial charge >= 0.3 is 12.1 Å². The van der Waals surface area contributed by atoms with E-state index in [4.69, 9.17) is 5.11 Å². The molecule has 0 spiro atoms. The Kier molecular flexibility index (Phi) is 3.93. The molecule has 1 aromatic heterocycles. The topological polar surface area (TPSA) is 53.4 Å². The van der Waals surface area contributed by atoms with Gasteiger partial charge in [-0.1, -0.05) is 0 Å². The fourth-order valence-corrected chi connectivity index (χ4v) is 1.16. The number of hydrogen-bond acceptors (Lipinski definition) is 3. The van der Waals surface area contributed by atoms with Crippen LogP contribution in [-0.2, 0) is 11.0 Å². The maximum Gasteiger partial charge on any atom is 0.417 e. The molecule has 0 amide bonds. The molecule has 0 radical (unpaired) electrons. The Hall–Kier alpha value is -1.79. The molecule has 7 heteroatoms. The molecule has 1 N–H and O–H groups in total. The molecule has 0 saturated carbocycles. The Bertz CT molecular complexity index is 390. The Morgan fingerprint density at radius 3 is 2.53 bits per heavy atom. The number of carbonyl (C=O) groups is 1. The number of halogens is 3. The molecule has 1 heterocycles. The van der Waals surface area contributed by atoms with Gasteiger partial charge in [-0.2, -0.15) is 13.2 Å². The summed E-state index contributed by atoms with van der Waals surface area (Å²) >= 11 is 0. The van der Waals surface area contributed by atoms with Crippen LogP contribution in [0.25, 0.3) is 0 Å². The Morgan fingerprint density at radius 2 is 2.12 bits per heavy atom. The van der Waals surface area contributed by atoms with E-state index in [1.807, 2.05) is 0 Å². The predicted molar refractivity (Wildman–Crippen MR) is 54.8 cm³/mol. The number of carboxylic acid groups (broad SMARTS) is 1. The maximum atomic E-state index is 12.2. The normalized spacial score (nSPS) is 11.3. The van der Waals surface area contributed by atoms with Gasteiger partial charge in [-0.25, -0.2) is 4.98 Å². The van der Waals surface area contributed by atoms with Crippen molar-refractivity contribution in [1.29, 1.82) is 0 Å². The average Bonchev–Trinajstić information content (AvgIpc) is 2.25. The summed E-state index contributed by atoms with van der Waals surface area (Å²) in [4.78, 5) is 15.4. The van der Waals surface area contributed by atoms with Crippen LogP contribution in [0.3, 0.4) is 0 Å². The van der Waals surface area contributed by atoms with E-state index >= 15 is 0 Å². The minimum atomic E-state index is -4.41. The van der Waals surface area contributed by atoms with Gasteiger partial charge in [-0.3, -0.25) is 4.79 Å². The summed E-state index contributed by atoms with van der Waals surface area (Å²) in [5.74, 6) is -0.664. The minimum absolute atomic E-state index is 0.0980. The van der Waals surface area contributed by atoms with Gasteiger partial charge in [0.15, 0.2) is 0 Å². The zero-order valence-corrected chi connectivity index (χ0v) is 9.03. The lowest BCUT2D eigenvalue weighted by molar-refractivity contribution is -0.138. The van der Waals surface area contributed by atoms with Crippen LogP contribution >= 0.6 is 0 Å². The molecule has 0 bridgehead atoms. The average molecular weight is 248 g/mol. The number of carboxylic acids is 1. The van der Waals surface area contributed by atoms with Crippen molar-refractivity contribution >= 4 is 11.8 Å². The first-order valence-electron chi connectivity index (χ1n) is 4.77. The zero-order chi connectivity index (χ0) is 13.1. The summed E-state index contributed by atoms with van der Waals surface area (Å²) in [6.07, 6.45) is -3.78. The van der Waals surface area contributed by atoms with E-state index in [0.717, 1.165) is 12.3 Å². The third-order valence-electron chi connectivity index (χ3n) is 2.13. The Labute approximate surface area is 95.7 Å². The highest BCUT2D eigenvalue weighted by Gasteiger charge is 2.30. The minimum Gasteiger partial charge on any atom is -0.481 e. The van der Waals surface area contributed by atoms with Crippen molar-refractivity contribution in [1.82, 2.24) is 4.98 Å². The fraction of sp³-hybridized carbons (Fsp3) is 0.400. The highest BCUT2D eigenvalue weighted by atomic mass is 19.4. The summed E-state index contributed by atoms with van der Waals surface area (Å²) in [6, 6.07) is 2.13. The number of aliphatic carboxylic acids is 1. The molecule has 94 valence electrons. The van der Waals surface area contributed by atoms with Crippen LogP contribution in [0.15, 0.2) is 18.3 Å². The number of rotatable bonds is 4. The lowest BCUT2D eigenvalue weighted by atomic mass is 10.2. The molecule has 0 fully saturated rings. The SMILES string of the molecule is CN(CCC(=O)O)c1ccc(C(F)(F)F)cn1. The molecule has 0 aliphatic rings. The Balaban J connectivity index is 2.70. The van der Waals surface area contributed by atoms with Crippen molar-refractivity contribution in [2.75, 3.05) is 18.5 Å². The van der Waals surface area contributed by atoms with Gasteiger partial charge in [0, 0.05) is 19.8 Å². The second kappa shape index (κ2) is 5.03. The largest absolute Gasteiger partial charge is 0.481 e. The van der Waals surface area contributed by atoms with E-state index in [2.05, 4.69) is 4.98 Å². The van der Waals surface area contributed by atoms with Gasteiger partial charge in [0.1, 0.15) is 5.82 Å². The first-order chi connectivity index (χ1) is 7.80. The van der Waals surface area contributed by atoms with Crippen LogP contribution in [0.5, 0.6) is 0 Å². The molecule has 0 unspecified atom stereocenters. The summed E-state index contributed by atoms with van der Waals surface area (Å²) in [5, 5.41) is 8.46. The van der Waals surface area contributed by atoms with Crippen molar-refractivity contribution in [2.45, 2.75) is 12.6 Å². The van der Waals surface area contributed by atoms with Gasteiger partial charge in [0.2, 0.25) is 0 Å². The van der Waals surface area contributed by atoms with Gasteiger partial charge < -0.3 is 10.0 Å². The van der Waals surface area contributed by atoms with Gasteiger partial charge in [-0.05, 0) is 12.1 Å². The van der Waals surface area contributed by atoms with E-state index < -0.39 is 17.7 Å². The predicted octanol–water partition coefficient (Wildman–Crippen LogP) is 2.01. The van der Waals surface area contributed by atoms with Gasteiger partial charge in [0.25, 0.3) is 0 Å². The van der Waals surface area contributed by atoms with Crippen molar-refractivity contribution in [2.24, 2.45) is 0 Å². The molecule has 0 aromatic carbocycles. The molecule has 17 heavy (non-hydrogen) atoms. The summed E-state index contributed by atoms with van der Waals surface area (Å²) in [7, 11) is 1.57. The molecular weight excluding hydrogens is 237 g/mol. The highest BCUT2D eigenvalue weighted by molar-refractivity contribution is 5.67. The van der Waals surface area contributed by atoms with Crippen molar-refractivity contribution in [3.63, 3.8) is 0 Å². The smallest absolute Gasteiger partial charge is 0.417 e. The molecule has 0 aliphatic carbocycles. The van der Waals surface area contributed by atoms with Gasteiger partial charge in [-0.15, -0.1) is 0 Å². The molecular formula is C10H11F3N2O2. The van der Waals surface area contributed by atoms with E-state index in [1.165, 1.54) is 11.0 Å². The fourth-order valence-electron chi connectivity index (χ4n) is 1.16. The summed E-state index contributed by atoms with van der Waals surface area (Å²) in [5.41, 5.74) is -0.826. The molecule has 1 rings (SSSR count). The third-order valence-corrected chi connectivity index (χ3v) is 2.13. The van der Waals surface area contributed by atoms with Gasteiger partial charge in [0.05, 0.1) is 12.0 Å². The van der Waals surface area contributed by atoms with E-state index in [-0.39, 0.29) is 13.0 Å². The van der Waals surface area contributed by atoms with Crippen molar-refractivity contribution in [3.8, 4) is 0 Å². The lowest BCUT2D eigenvalue weighted by Crippen LogP contribution is -2.22. The quantitative estimate of drug-likeness (QED) is 0.885. The third kappa shape index (κ3) is 3.93. The monoisotopic (exact) mass is 248 g/mol. The number of nitrogens with zero attached hydrogens (tertiary/aromatic N) is 2. The lowest BCUT2D eigenvalue weighted by Gasteiger charge is -2.17. The van der Waals surface area contributed by atoms with Crippen LogP contribution in [0.4, 0.5) is 19.0 Å². The molecule has 4 nitrogen and oxygen atoms in total. The molecule has 1 aromatic rings. The van der Waals surface area contributed by atoms with E-state index in [1.54, 1.807) is 7.05 Å². The van der Waals surface area contributed by atoms with Crippen LogP contribution < -0.4 is 4.90 Å². The first kappa shape index (κ1) is 13.3. The number of alkyl halides is 3. The highest BCUT2D eigenvalue weighted by Crippen LogP contribution is 2.29. The van der Waals surface area contributed by atoms with Crippen LogP contribution in [0, 0.1) is 0 Å². The van der Waals surface area contributed by atoms with Crippen LogP contribution in [-0.4, -0.2) is 29.7 Å². The second-order valence-corrected chi connectivity index (χ2v) is 3.47. The zero-order valence-electron chi connectivity index (χ0n) is 9.03. The van der Waals surface area contributed by atoms with Crippen LogP contribution in [0.1, 0.15) is 12.0 Å². The van der Waals surface area contributed by atoms with E-state index in [9.17, 15) is 18.0 Å². The number of aromatic nitrogens is 1. The molecule has 0 aliphatic heterocycles. The summed E-state index contributed by atoms with van der Waals surface area (Å²) < 4.78 is 36.7. The van der Waals surface area contributed by atoms with E-state index in [0.29, 0.717) is 5.82 Å². The number of pyridine rings is 1. The van der Waals surface area contributed by atoms with Crippen LogP contribution in [0.2, 0.25) is 0 Å². The number of anilines is 1. The molecule has 0 saturated heterocycles.